The Balaban J connectivity index is 1.47. The second kappa shape index (κ2) is 10.8. The average molecular weight is 612 g/mol. The van der Waals surface area contributed by atoms with Gasteiger partial charge in [-0.2, -0.15) is 10.5 Å². The molecule has 0 atom stereocenters. The van der Waals surface area contributed by atoms with E-state index in [2.05, 4.69) is 58.8 Å². The van der Waals surface area contributed by atoms with Gasteiger partial charge in [0.2, 0.25) is 0 Å². The molecule has 48 heavy (non-hydrogen) atoms. The third-order valence-electron chi connectivity index (χ3n) is 8.96. The maximum Gasteiger partial charge on any atom is 0.106 e. The van der Waals surface area contributed by atoms with E-state index in [1.54, 1.807) is 12.1 Å². The van der Waals surface area contributed by atoms with Crippen LogP contribution >= 0.6 is 0 Å². The first kappa shape index (κ1) is 27.2. The number of hydrogen-bond donors (Lipinski definition) is 0. The molecular weight excluding hydrogens is 591 g/mol. The molecular formula is C41H21N7. The molecule has 0 saturated heterocycles. The van der Waals surface area contributed by atoms with Gasteiger partial charge in [-0.3, -0.25) is 0 Å². The van der Waals surface area contributed by atoms with Crippen molar-refractivity contribution in [3.8, 4) is 68.0 Å². The first-order chi connectivity index (χ1) is 23.7. The zero-order valence-electron chi connectivity index (χ0n) is 25.3. The van der Waals surface area contributed by atoms with Gasteiger partial charge in [-0.15, -0.1) is 10.2 Å². The highest BCUT2D eigenvalue weighted by atomic mass is 15.3. The van der Waals surface area contributed by atoms with Crippen LogP contribution in [0.5, 0.6) is 0 Å². The fourth-order valence-electron chi connectivity index (χ4n) is 6.87. The predicted molar refractivity (Wildman–Crippen MR) is 182 cm³/mol. The van der Waals surface area contributed by atoms with Crippen LogP contribution in [-0.2, 0) is 0 Å². The standard InChI is InChI=1S/C41H21N7/c42-22-25-12-4-6-14-27(25)36-40(29-15-7-5-13-26(29)23-43)46-48-47-41(36)35-28(24-10-2-1-3-11-24)18-20-33-37(35)38-34(44-33)21-19-31-30-16-8-9-17-32(30)45-39(31)38/h1-21H. The Morgan fingerprint density at radius 3 is 1.94 bits per heavy atom. The van der Waals surface area contributed by atoms with Gasteiger partial charge >= 0.3 is 0 Å². The summed E-state index contributed by atoms with van der Waals surface area (Å²) < 4.78 is 0. The molecule has 0 saturated carbocycles. The van der Waals surface area contributed by atoms with Crippen molar-refractivity contribution in [2.24, 2.45) is 9.98 Å². The Bertz CT molecular complexity index is 2810. The molecule has 1 aromatic heterocycles. The Kier molecular flexibility index (Phi) is 6.11. The number of para-hydroxylation sites is 1. The number of rotatable bonds is 4. The molecule has 7 nitrogen and oxygen atoms in total. The molecule has 0 bridgehead atoms. The molecule has 2 aliphatic heterocycles. The molecule has 9 rings (SSSR count). The van der Waals surface area contributed by atoms with Crippen molar-refractivity contribution in [3.63, 3.8) is 0 Å². The molecule has 0 fully saturated rings. The first-order valence-electron chi connectivity index (χ1n) is 15.4. The largest absolute Gasteiger partial charge is 0.248 e. The maximum absolute atomic E-state index is 10.3. The zero-order valence-corrected chi connectivity index (χ0v) is 25.3. The predicted octanol–water partition coefficient (Wildman–Crippen LogP) is 7.77. The molecule has 2 aliphatic rings. The van der Waals surface area contributed by atoms with Gasteiger partial charge in [0.25, 0.3) is 0 Å². The molecule has 220 valence electrons. The van der Waals surface area contributed by atoms with E-state index in [0.717, 1.165) is 60.3 Å². The number of benzene rings is 6. The summed E-state index contributed by atoms with van der Waals surface area (Å²) in [5.41, 5.74) is 9.89. The molecule has 0 spiro atoms. The van der Waals surface area contributed by atoms with Gasteiger partial charge in [0.15, 0.2) is 0 Å². The third kappa shape index (κ3) is 4.02. The van der Waals surface area contributed by atoms with Gasteiger partial charge in [0.05, 0.1) is 45.4 Å². The SMILES string of the molecule is N#Cc1ccccc1-c1nnnc(-c2c(-c3ccccc3)ccc3c2-c2c4c(ccc2=N3)=c2ccccc2=N4)c1-c1ccccc1C#N. The number of hydrogen-bond acceptors (Lipinski definition) is 7. The summed E-state index contributed by atoms with van der Waals surface area (Å²) in [6.45, 7) is 0. The van der Waals surface area contributed by atoms with Crippen molar-refractivity contribution in [3.05, 3.63) is 160 Å². The minimum Gasteiger partial charge on any atom is -0.248 e. The highest BCUT2D eigenvalue weighted by molar-refractivity contribution is 6.07. The lowest BCUT2D eigenvalue weighted by Crippen LogP contribution is -2.05. The monoisotopic (exact) mass is 611 g/mol. The van der Waals surface area contributed by atoms with Crippen molar-refractivity contribution < 1.29 is 0 Å². The second-order valence-corrected chi connectivity index (χ2v) is 11.5. The Labute approximate surface area is 274 Å². The van der Waals surface area contributed by atoms with Crippen molar-refractivity contribution in [1.29, 1.82) is 10.5 Å². The Morgan fingerprint density at radius 1 is 0.438 bits per heavy atom. The summed E-state index contributed by atoms with van der Waals surface area (Å²) in [5, 5.41) is 38.0. The number of nitrogens with zero attached hydrogens (tertiary/aromatic N) is 7. The minimum atomic E-state index is 0.441. The lowest BCUT2D eigenvalue weighted by molar-refractivity contribution is 0.878. The third-order valence-corrected chi connectivity index (χ3v) is 8.96. The van der Waals surface area contributed by atoms with E-state index in [0.29, 0.717) is 39.2 Å². The van der Waals surface area contributed by atoms with Crippen molar-refractivity contribution in [2.45, 2.75) is 0 Å². The van der Waals surface area contributed by atoms with Crippen LogP contribution in [0, 0.1) is 33.1 Å². The molecule has 7 heteroatoms. The van der Waals surface area contributed by atoms with Gasteiger partial charge in [0.1, 0.15) is 11.4 Å². The van der Waals surface area contributed by atoms with Crippen LogP contribution < -0.4 is 10.7 Å². The van der Waals surface area contributed by atoms with Gasteiger partial charge in [-0.05, 0) is 52.7 Å². The summed E-state index contributed by atoms with van der Waals surface area (Å²) >= 11 is 0. The first-order valence-corrected chi connectivity index (χ1v) is 15.4. The Morgan fingerprint density at radius 2 is 1.12 bits per heavy atom. The molecule has 0 aliphatic carbocycles. The summed E-state index contributed by atoms with van der Waals surface area (Å²) in [7, 11) is 0. The number of aromatic nitrogens is 3. The number of nitriles is 2. The highest BCUT2D eigenvalue weighted by Crippen LogP contribution is 2.51. The quantitative estimate of drug-likeness (QED) is 0.202. The molecule has 3 heterocycles. The van der Waals surface area contributed by atoms with E-state index in [9.17, 15) is 10.5 Å². The normalized spacial score (nSPS) is 11.6. The lowest BCUT2D eigenvalue weighted by Gasteiger charge is -2.20. The fourth-order valence-corrected chi connectivity index (χ4v) is 6.87. The fraction of sp³-hybridized carbons (Fsp3) is 0. The highest BCUT2D eigenvalue weighted by Gasteiger charge is 2.31. The zero-order chi connectivity index (χ0) is 32.2. The van der Waals surface area contributed by atoms with Crippen LogP contribution in [0.15, 0.2) is 137 Å². The van der Waals surface area contributed by atoms with Crippen LogP contribution in [0.2, 0.25) is 0 Å². The van der Waals surface area contributed by atoms with E-state index < -0.39 is 0 Å². The molecule has 6 aromatic carbocycles. The van der Waals surface area contributed by atoms with Crippen molar-refractivity contribution >= 4 is 11.4 Å². The molecule has 7 aromatic rings. The van der Waals surface area contributed by atoms with E-state index in [1.807, 2.05) is 78.9 Å². The smallest absolute Gasteiger partial charge is 0.106 e. The second-order valence-electron chi connectivity index (χ2n) is 11.5. The number of fused-ring (bicyclic) bond motifs is 6. The molecule has 0 radical (unpaired) electrons. The van der Waals surface area contributed by atoms with E-state index in [-0.39, 0.29) is 0 Å². The van der Waals surface area contributed by atoms with E-state index in [4.69, 9.17) is 15.1 Å². The minimum absolute atomic E-state index is 0.441. The van der Waals surface area contributed by atoms with Gasteiger partial charge in [0, 0.05) is 43.8 Å². The van der Waals surface area contributed by atoms with Crippen LogP contribution in [0.25, 0.3) is 55.9 Å². The van der Waals surface area contributed by atoms with Gasteiger partial charge in [-0.1, -0.05) is 91.0 Å². The van der Waals surface area contributed by atoms with Crippen molar-refractivity contribution in [1.82, 2.24) is 15.4 Å². The van der Waals surface area contributed by atoms with Crippen molar-refractivity contribution in [2.75, 3.05) is 0 Å². The topological polar surface area (TPSA) is 111 Å². The van der Waals surface area contributed by atoms with Gasteiger partial charge in [-0.25, -0.2) is 9.98 Å². The average Bonchev–Trinajstić information content (AvgIpc) is 3.73. The lowest BCUT2D eigenvalue weighted by atomic mass is 9.84. The van der Waals surface area contributed by atoms with E-state index in [1.165, 1.54) is 0 Å². The summed E-state index contributed by atoms with van der Waals surface area (Å²) in [6.07, 6.45) is 0. The van der Waals surface area contributed by atoms with Crippen LogP contribution in [0.3, 0.4) is 0 Å². The van der Waals surface area contributed by atoms with E-state index >= 15 is 0 Å². The molecule has 0 amide bonds. The summed E-state index contributed by atoms with van der Waals surface area (Å²) in [4.78, 5) is 10.2. The Hall–Kier alpha value is -7.09. The van der Waals surface area contributed by atoms with Crippen LogP contribution in [0.4, 0.5) is 11.4 Å². The van der Waals surface area contributed by atoms with Crippen LogP contribution in [0.1, 0.15) is 11.1 Å². The molecule has 0 N–H and O–H groups in total. The summed E-state index contributed by atoms with van der Waals surface area (Å²) in [5.74, 6) is 0. The summed E-state index contributed by atoms with van der Waals surface area (Å²) in [6, 6.07) is 45.9. The van der Waals surface area contributed by atoms with Crippen LogP contribution in [-0.4, -0.2) is 15.4 Å². The molecule has 0 unspecified atom stereocenters. The maximum atomic E-state index is 10.3. The van der Waals surface area contributed by atoms with Gasteiger partial charge < -0.3 is 0 Å².